The number of carbonyl (C=O) groups is 2. The number of nitrogens with zero attached hydrogens (tertiary/aromatic N) is 1. The van der Waals surface area contributed by atoms with Crippen molar-refractivity contribution < 1.29 is 18.4 Å². The van der Waals surface area contributed by atoms with E-state index >= 15 is 0 Å². The summed E-state index contributed by atoms with van der Waals surface area (Å²) >= 11 is 7.37. The lowest BCUT2D eigenvalue weighted by atomic mass is 10.0. The molecular formula is C29H31ClF2N2O2S. The van der Waals surface area contributed by atoms with Gasteiger partial charge in [-0.2, -0.15) is 0 Å². The minimum absolute atomic E-state index is 0.0224. The summed E-state index contributed by atoms with van der Waals surface area (Å²) in [5, 5.41) is 3.27. The lowest BCUT2D eigenvalue weighted by Crippen LogP contribution is -2.51. The third kappa shape index (κ3) is 8.86. The number of rotatable bonds is 12. The van der Waals surface area contributed by atoms with E-state index in [4.69, 9.17) is 11.6 Å². The van der Waals surface area contributed by atoms with Gasteiger partial charge in [-0.05, 0) is 41.3 Å². The fourth-order valence-electron chi connectivity index (χ4n) is 3.76. The SMILES string of the molecule is CC(C)CNC(=O)[C@@H](Cc1ccccc1)N(Cc1ccc(F)cc1)C(=O)CSCc1c(F)cccc1Cl. The molecule has 1 atom stereocenters. The molecule has 0 aromatic heterocycles. The second kappa shape index (κ2) is 14.1. The van der Waals surface area contributed by atoms with Crippen molar-refractivity contribution in [3.63, 3.8) is 0 Å². The van der Waals surface area contributed by atoms with Crippen molar-refractivity contribution in [1.82, 2.24) is 10.2 Å². The average molecular weight is 545 g/mol. The molecule has 8 heteroatoms. The molecule has 0 aliphatic rings. The molecule has 2 amide bonds. The van der Waals surface area contributed by atoms with Crippen LogP contribution in [0.5, 0.6) is 0 Å². The summed E-state index contributed by atoms with van der Waals surface area (Å²) in [6.07, 6.45) is 0.321. The Labute approximate surface area is 226 Å². The monoisotopic (exact) mass is 544 g/mol. The van der Waals surface area contributed by atoms with Crippen LogP contribution < -0.4 is 5.32 Å². The standard InChI is InChI=1S/C29H31ClF2N2O2S/c1-20(2)16-33-29(36)27(15-21-7-4-3-5-8-21)34(17-22-11-13-23(31)14-12-22)28(35)19-37-18-24-25(30)9-6-10-26(24)32/h3-14,20,27H,15-19H2,1-2H3,(H,33,36)/t27-/m1/s1. The first-order chi connectivity index (χ1) is 17.7. The molecule has 0 radical (unpaired) electrons. The number of hydrogen-bond donors (Lipinski definition) is 1. The van der Waals surface area contributed by atoms with Crippen molar-refractivity contribution in [2.75, 3.05) is 12.3 Å². The summed E-state index contributed by atoms with van der Waals surface area (Å²) < 4.78 is 27.7. The van der Waals surface area contributed by atoms with Gasteiger partial charge in [0.2, 0.25) is 11.8 Å². The van der Waals surface area contributed by atoms with Crippen LogP contribution in [0.25, 0.3) is 0 Å². The molecule has 3 rings (SSSR count). The lowest BCUT2D eigenvalue weighted by Gasteiger charge is -2.32. The van der Waals surface area contributed by atoms with Crippen LogP contribution in [0.3, 0.4) is 0 Å². The molecule has 0 spiro atoms. The van der Waals surface area contributed by atoms with E-state index in [1.807, 2.05) is 44.2 Å². The normalized spacial score (nSPS) is 11.8. The minimum Gasteiger partial charge on any atom is -0.354 e. The Morgan fingerprint density at radius 3 is 2.30 bits per heavy atom. The number of carbonyl (C=O) groups excluding carboxylic acids is 2. The van der Waals surface area contributed by atoms with Crippen molar-refractivity contribution in [2.24, 2.45) is 5.92 Å². The Balaban J connectivity index is 1.85. The molecule has 0 heterocycles. The molecule has 4 nitrogen and oxygen atoms in total. The Bertz CT molecular complexity index is 1160. The van der Waals surface area contributed by atoms with Crippen LogP contribution in [-0.4, -0.2) is 35.1 Å². The van der Waals surface area contributed by atoms with Gasteiger partial charge in [0, 0.05) is 35.8 Å². The fraction of sp³-hybridized carbons (Fsp3) is 0.310. The van der Waals surface area contributed by atoms with E-state index in [2.05, 4.69) is 5.32 Å². The predicted molar refractivity (Wildman–Crippen MR) is 146 cm³/mol. The van der Waals surface area contributed by atoms with Gasteiger partial charge >= 0.3 is 0 Å². The van der Waals surface area contributed by atoms with Crippen molar-refractivity contribution in [1.29, 1.82) is 0 Å². The van der Waals surface area contributed by atoms with Crippen molar-refractivity contribution in [2.45, 2.75) is 38.6 Å². The molecule has 1 N–H and O–H groups in total. The summed E-state index contributed by atoms with van der Waals surface area (Å²) in [7, 11) is 0. The van der Waals surface area contributed by atoms with E-state index in [1.165, 1.54) is 40.9 Å². The Morgan fingerprint density at radius 2 is 1.65 bits per heavy atom. The molecule has 0 unspecified atom stereocenters. The van der Waals surface area contributed by atoms with Gasteiger partial charge in [0.1, 0.15) is 17.7 Å². The van der Waals surface area contributed by atoms with E-state index in [0.29, 0.717) is 29.1 Å². The number of halogens is 3. The molecule has 3 aromatic rings. The summed E-state index contributed by atoms with van der Waals surface area (Å²) in [6.45, 7) is 4.60. The van der Waals surface area contributed by atoms with Gasteiger partial charge in [-0.25, -0.2) is 8.78 Å². The highest BCUT2D eigenvalue weighted by Crippen LogP contribution is 2.25. The summed E-state index contributed by atoms with van der Waals surface area (Å²) in [4.78, 5) is 28.5. The molecule has 0 saturated heterocycles. The number of hydrogen-bond acceptors (Lipinski definition) is 3. The fourth-order valence-corrected chi connectivity index (χ4v) is 5.01. The van der Waals surface area contributed by atoms with Crippen LogP contribution in [-0.2, 0) is 28.3 Å². The van der Waals surface area contributed by atoms with Crippen LogP contribution in [0.15, 0.2) is 72.8 Å². The van der Waals surface area contributed by atoms with Gasteiger partial charge in [-0.15, -0.1) is 11.8 Å². The molecular weight excluding hydrogens is 514 g/mol. The van der Waals surface area contributed by atoms with Crippen LogP contribution in [0, 0.1) is 17.6 Å². The van der Waals surface area contributed by atoms with E-state index < -0.39 is 11.9 Å². The van der Waals surface area contributed by atoms with Crippen LogP contribution in [0.4, 0.5) is 8.78 Å². The van der Waals surface area contributed by atoms with Crippen molar-refractivity contribution in [3.8, 4) is 0 Å². The first kappa shape index (κ1) is 28.7. The summed E-state index contributed by atoms with van der Waals surface area (Å²) in [5.74, 6) is -0.861. The largest absolute Gasteiger partial charge is 0.354 e. The van der Waals surface area contributed by atoms with E-state index in [0.717, 1.165) is 5.56 Å². The molecule has 0 fully saturated rings. The Hall–Kier alpha value is -2.90. The van der Waals surface area contributed by atoms with E-state index in [-0.39, 0.29) is 41.6 Å². The van der Waals surface area contributed by atoms with Crippen LogP contribution in [0.1, 0.15) is 30.5 Å². The number of nitrogens with one attached hydrogen (secondary N) is 1. The van der Waals surface area contributed by atoms with E-state index in [1.54, 1.807) is 18.2 Å². The van der Waals surface area contributed by atoms with Crippen LogP contribution >= 0.6 is 23.4 Å². The first-order valence-electron chi connectivity index (χ1n) is 12.1. The van der Waals surface area contributed by atoms with Gasteiger partial charge in [-0.3, -0.25) is 9.59 Å². The highest BCUT2D eigenvalue weighted by Gasteiger charge is 2.30. The molecule has 0 bridgehead atoms. The molecule has 0 aliphatic carbocycles. The topological polar surface area (TPSA) is 49.4 Å². The zero-order valence-corrected chi connectivity index (χ0v) is 22.5. The second-order valence-electron chi connectivity index (χ2n) is 9.19. The smallest absolute Gasteiger partial charge is 0.243 e. The summed E-state index contributed by atoms with van der Waals surface area (Å²) in [5.41, 5.74) is 1.95. The van der Waals surface area contributed by atoms with Gasteiger partial charge in [0.05, 0.1) is 5.75 Å². The maximum Gasteiger partial charge on any atom is 0.243 e. The van der Waals surface area contributed by atoms with Gasteiger partial charge in [0.25, 0.3) is 0 Å². The van der Waals surface area contributed by atoms with Crippen molar-refractivity contribution in [3.05, 3.63) is 106 Å². The number of amides is 2. The second-order valence-corrected chi connectivity index (χ2v) is 10.6. The third-order valence-corrected chi connectivity index (χ3v) is 7.05. The maximum atomic E-state index is 14.2. The minimum atomic E-state index is -0.781. The average Bonchev–Trinajstić information content (AvgIpc) is 2.88. The predicted octanol–water partition coefficient (Wildman–Crippen LogP) is 6.26. The zero-order valence-electron chi connectivity index (χ0n) is 20.9. The third-order valence-electron chi connectivity index (χ3n) is 5.76. The first-order valence-corrected chi connectivity index (χ1v) is 13.6. The molecule has 196 valence electrons. The van der Waals surface area contributed by atoms with Gasteiger partial charge in [0.15, 0.2) is 0 Å². The number of benzene rings is 3. The number of thioether (sulfide) groups is 1. The summed E-state index contributed by atoms with van der Waals surface area (Å²) in [6, 6.07) is 19.1. The quantitative estimate of drug-likeness (QED) is 0.292. The highest BCUT2D eigenvalue weighted by atomic mass is 35.5. The molecule has 0 saturated carbocycles. The van der Waals surface area contributed by atoms with Crippen LogP contribution in [0.2, 0.25) is 5.02 Å². The van der Waals surface area contributed by atoms with Gasteiger partial charge in [-0.1, -0.05) is 74.0 Å². The molecule has 3 aromatic carbocycles. The van der Waals surface area contributed by atoms with Gasteiger partial charge < -0.3 is 10.2 Å². The van der Waals surface area contributed by atoms with E-state index in [9.17, 15) is 18.4 Å². The Kier molecular flexibility index (Phi) is 11.0. The Morgan fingerprint density at radius 1 is 0.946 bits per heavy atom. The maximum absolute atomic E-state index is 14.2. The van der Waals surface area contributed by atoms with Crippen molar-refractivity contribution >= 4 is 35.2 Å². The zero-order chi connectivity index (χ0) is 26.8. The molecule has 37 heavy (non-hydrogen) atoms. The molecule has 0 aliphatic heterocycles. The highest BCUT2D eigenvalue weighted by molar-refractivity contribution is 7.99. The lowest BCUT2D eigenvalue weighted by molar-refractivity contribution is -0.139.